The molecule has 0 bridgehead atoms. The SMILES string of the molecule is CCCc1nnc2n1N[C@H](c1ccc(C)cc1)[C@@H](C(=O)Nc1ccccc1C)S2. The van der Waals surface area contributed by atoms with Crippen molar-refractivity contribution >= 4 is 23.4 Å². The summed E-state index contributed by atoms with van der Waals surface area (Å²) in [7, 11) is 0. The third-order valence-electron chi connectivity index (χ3n) is 5.08. The molecule has 1 aromatic heterocycles. The fourth-order valence-corrected chi connectivity index (χ4v) is 4.52. The van der Waals surface area contributed by atoms with Crippen LogP contribution in [0.1, 0.15) is 41.9 Å². The van der Waals surface area contributed by atoms with Crippen LogP contribution in [0.25, 0.3) is 0 Å². The molecule has 0 spiro atoms. The van der Waals surface area contributed by atoms with Crippen LogP contribution in [-0.4, -0.2) is 26.0 Å². The number of para-hydroxylation sites is 1. The summed E-state index contributed by atoms with van der Waals surface area (Å²) in [6, 6.07) is 15.9. The molecule has 4 rings (SSSR count). The molecular formula is C22H25N5OS. The van der Waals surface area contributed by atoms with Crippen molar-refractivity contribution in [3.8, 4) is 0 Å². The number of aromatic nitrogens is 3. The number of nitrogens with one attached hydrogen (secondary N) is 2. The van der Waals surface area contributed by atoms with Crippen LogP contribution in [-0.2, 0) is 11.2 Å². The van der Waals surface area contributed by atoms with Crippen LogP contribution >= 0.6 is 11.8 Å². The largest absolute Gasteiger partial charge is 0.325 e. The smallest absolute Gasteiger partial charge is 0.240 e. The topological polar surface area (TPSA) is 71.8 Å². The number of thioether (sulfide) groups is 1. The molecule has 6 nitrogen and oxygen atoms in total. The first-order valence-corrected chi connectivity index (χ1v) is 10.8. The summed E-state index contributed by atoms with van der Waals surface area (Å²) in [5.74, 6) is 0.846. The van der Waals surface area contributed by atoms with E-state index in [-0.39, 0.29) is 17.2 Å². The van der Waals surface area contributed by atoms with Crippen molar-refractivity contribution in [2.45, 2.75) is 50.1 Å². The van der Waals surface area contributed by atoms with Crippen LogP contribution in [0.5, 0.6) is 0 Å². The van der Waals surface area contributed by atoms with Gasteiger partial charge in [-0.1, -0.05) is 66.7 Å². The van der Waals surface area contributed by atoms with Crippen molar-refractivity contribution in [2.24, 2.45) is 0 Å². The summed E-state index contributed by atoms with van der Waals surface area (Å²) < 4.78 is 1.94. The predicted octanol–water partition coefficient (Wildman–Crippen LogP) is 4.25. The average Bonchev–Trinajstić information content (AvgIpc) is 3.11. The minimum absolute atomic E-state index is 0.0475. The molecule has 1 aliphatic rings. The summed E-state index contributed by atoms with van der Waals surface area (Å²) in [4.78, 5) is 13.3. The molecule has 0 aliphatic carbocycles. The zero-order valence-electron chi connectivity index (χ0n) is 16.8. The van der Waals surface area contributed by atoms with Crippen LogP contribution in [0, 0.1) is 13.8 Å². The number of carbonyl (C=O) groups is 1. The lowest BCUT2D eigenvalue weighted by molar-refractivity contribution is -0.116. The Bertz CT molecular complexity index is 1010. The Balaban J connectivity index is 1.67. The summed E-state index contributed by atoms with van der Waals surface area (Å²) >= 11 is 1.46. The molecule has 7 heteroatoms. The molecule has 2 aromatic carbocycles. The van der Waals surface area contributed by atoms with Gasteiger partial charge in [-0.25, -0.2) is 4.68 Å². The number of aryl methyl sites for hydroxylation is 3. The summed E-state index contributed by atoms with van der Waals surface area (Å²) in [6.45, 7) is 6.17. The lowest BCUT2D eigenvalue weighted by Gasteiger charge is -2.33. The third-order valence-corrected chi connectivity index (χ3v) is 6.29. The van der Waals surface area contributed by atoms with Gasteiger partial charge >= 0.3 is 0 Å². The van der Waals surface area contributed by atoms with Crippen LogP contribution in [0.2, 0.25) is 0 Å². The Morgan fingerprint density at radius 1 is 1.14 bits per heavy atom. The predicted molar refractivity (Wildman–Crippen MR) is 117 cm³/mol. The summed E-state index contributed by atoms with van der Waals surface area (Å²) in [5, 5.41) is 12.1. The number of amides is 1. The molecule has 1 aliphatic heterocycles. The Morgan fingerprint density at radius 3 is 2.62 bits per heavy atom. The molecule has 2 N–H and O–H groups in total. The van der Waals surface area contributed by atoms with Gasteiger partial charge in [0.2, 0.25) is 11.1 Å². The highest BCUT2D eigenvalue weighted by Crippen LogP contribution is 2.38. The van der Waals surface area contributed by atoms with Crippen molar-refractivity contribution < 1.29 is 4.79 Å². The number of hydrogen-bond donors (Lipinski definition) is 2. The van der Waals surface area contributed by atoms with Gasteiger partial charge in [0, 0.05) is 12.1 Å². The molecule has 150 valence electrons. The maximum absolute atomic E-state index is 13.3. The Labute approximate surface area is 175 Å². The van der Waals surface area contributed by atoms with E-state index in [1.807, 2.05) is 35.9 Å². The van der Waals surface area contributed by atoms with Crippen LogP contribution in [0.15, 0.2) is 53.7 Å². The van der Waals surface area contributed by atoms with E-state index in [0.29, 0.717) is 0 Å². The van der Waals surface area contributed by atoms with Gasteiger partial charge < -0.3 is 10.7 Å². The number of benzene rings is 2. The van der Waals surface area contributed by atoms with Gasteiger partial charge in [-0.2, -0.15) is 0 Å². The molecule has 29 heavy (non-hydrogen) atoms. The van der Waals surface area contributed by atoms with Gasteiger partial charge in [0.15, 0.2) is 5.82 Å². The van der Waals surface area contributed by atoms with E-state index in [2.05, 4.69) is 59.1 Å². The summed E-state index contributed by atoms with van der Waals surface area (Å²) in [5.41, 5.74) is 7.63. The molecule has 2 heterocycles. The lowest BCUT2D eigenvalue weighted by atomic mass is 10.0. The van der Waals surface area contributed by atoms with Gasteiger partial charge in [-0.3, -0.25) is 4.79 Å². The van der Waals surface area contributed by atoms with Crippen LogP contribution in [0.3, 0.4) is 0 Å². The second-order valence-electron chi connectivity index (χ2n) is 7.34. The molecule has 0 fully saturated rings. The Morgan fingerprint density at radius 2 is 1.90 bits per heavy atom. The zero-order chi connectivity index (χ0) is 20.4. The summed E-state index contributed by atoms with van der Waals surface area (Å²) in [6.07, 6.45) is 1.82. The van der Waals surface area contributed by atoms with Gasteiger partial charge in [0.1, 0.15) is 5.25 Å². The Hall–Kier alpha value is -2.80. The molecule has 0 saturated heterocycles. The minimum Gasteiger partial charge on any atom is -0.325 e. The van der Waals surface area contributed by atoms with Gasteiger partial charge in [-0.15, -0.1) is 10.2 Å². The van der Waals surface area contributed by atoms with Crippen LogP contribution < -0.4 is 10.7 Å². The number of fused-ring (bicyclic) bond motifs is 1. The van der Waals surface area contributed by atoms with Crippen molar-refractivity contribution in [3.63, 3.8) is 0 Å². The van der Waals surface area contributed by atoms with E-state index < -0.39 is 0 Å². The van der Waals surface area contributed by atoms with Gasteiger partial charge in [0.05, 0.1) is 6.04 Å². The molecule has 1 amide bonds. The van der Waals surface area contributed by atoms with Crippen molar-refractivity contribution in [2.75, 3.05) is 10.7 Å². The van der Waals surface area contributed by atoms with E-state index >= 15 is 0 Å². The molecular weight excluding hydrogens is 382 g/mol. The minimum atomic E-state index is -0.372. The van der Waals surface area contributed by atoms with Gasteiger partial charge in [-0.05, 0) is 37.5 Å². The molecule has 0 saturated carbocycles. The van der Waals surface area contributed by atoms with Crippen LogP contribution in [0.4, 0.5) is 5.69 Å². The first kappa shape index (κ1) is 19.5. The lowest BCUT2D eigenvalue weighted by Crippen LogP contribution is -2.41. The van der Waals surface area contributed by atoms with Crippen molar-refractivity contribution in [1.82, 2.24) is 14.9 Å². The number of carbonyl (C=O) groups excluding carboxylic acids is 1. The zero-order valence-corrected chi connectivity index (χ0v) is 17.7. The highest BCUT2D eigenvalue weighted by molar-refractivity contribution is 8.00. The highest BCUT2D eigenvalue weighted by Gasteiger charge is 2.37. The molecule has 2 atom stereocenters. The number of anilines is 1. The van der Waals surface area contributed by atoms with Crippen molar-refractivity contribution in [3.05, 3.63) is 71.0 Å². The number of nitrogens with zero attached hydrogens (tertiary/aromatic N) is 3. The molecule has 0 unspecified atom stereocenters. The van der Waals surface area contributed by atoms with Gasteiger partial charge in [0.25, 0.3) is 0 Å². The molecule has 0 radical (unpaired) electrons. The fourth-order valence-electron chi connectivity index (χ4n) is 3.43. The second kappa shape index (κ2) is 8.29. The number of rotatable bonds is 5. The average molecular weight is 408 g/mol. The standard InChI is InChI=1S/C22H25N5OS/c1-4-7-18-24-25-22-27(18)26-19(16-12-10-14(2)11-13-16)20(29-22)21(28)23-17-9-6-5-8-15(17)3/h5-6,8-13,19-20,26H,4,7H2,1-3H3,(H,23,28)/t19-,20+/m1/s1. The van der Waals surface area contributed by atoms with E-state index in [1.54, 1.807) is 0 Å². The monoisotopic (exact) mass is 407 g/mol. The van der Waals surface area contributed by atoms with E-state index in [0.717, 1.165) is 40.6 Å². The normalized spacial score (nSPS) is 18.0. The highest BCUT2D eigenvalue weighted by atomic mass is 32.2. The maximum atomic E-state index is 13.3. The Kier molecular flexibility index (Phi) is 5.58. The van der Waals surface area contributed by atoms with E-state index in [4.69, 9.17) is 0 Å². The van der Waals surface area contributed by atoms with E-state index in [9.17, 15) is 4.79 Å². The maximum Gasteiger partial charge on any atom is 0.240 e. The van der Waals surface area contributed by atoms with Crippen molar-refractivity contribution in [1.29, 1.82) is 0 Å². The quantitative estimate of drug-likeness (QED) is 0.662. The fraction of sp³-hybridized carbons (Fsp3) is 0.318. The second-order valence-corrected chi connectivity index (χ2v) is 8.45. The first-order valence-electron chi connectivity index (χ1n) is 9.87. The third kappa shape index (κ3) is 4.00. The first-order chi connectivity index (χ1) is 14.1. The molecule has 3 aromatic rings. The number of hydrogen-bond acceptors (Lipinski definition) is 5. The van der Waals surface area contributed by atoms with E-state index in [1.165, 1.54) is 17.3 Å².